The number of fused-ring (bicyclic) bond motifs is 2. The second-order valence-electron chi connectivity index (χ2n) is 6.59. The summed E-state index contributed by atoms with van der Waals surface area (Å²) in [7, 11) is 1.70. The molecule has 0 N–H and O–H groups in total. The zero-order valence-electron chi connectivity index (χ0n) is 14.6. The van der Waals surface area contributed by atoms with Crippen LogP contribution in [-0.4, -0.2) is 7.11 Å². The quantitative estimate of drug-likeness (QED) is 0.383. The zero-order chi connectivity index (χ0) is 17.5. The maximum atomic E-state index is 5.33. The lowest BCUT2D eigenvalue weighted by Gasteiger charge is -2.09. The lowest BCUT2D eigenvalue weighted by Crippen LogP contribution is -1.89. The van der Waals surface area contributed by atoms with Gasteiger partial charge in [0.15, 0.2) is 0 Å². The molecular weight excluding hydrogens is 316 g/mol. The van der Waals surface area contributed by atoms with Crippen molar-refractivity contribution in [3.05, 3.63) is 113 Å². The standard InChI is InChI=1S/C25H18O/c1-26-21-13-11-18(12-14-21)24(17-7-3-2-4-8-17)25-22-15-19-9-5-6-10-20(19)16-23(22)25/h2-16H,1H3. The third kappa shape index (κ3) is 2.41. The van der Waals surface area contributed by atoms with Crippen molar-refractivity contribution in [3.63, 3.8) is 0 Å². The molecule has 1 aliphatic rings. The van der Waals surface area contributed by atoms with E-state index in [9.17, 15) is 0 Å². The molecule has 26 heavy (non-hydrogen) atoms. The predicted molar refractivity (Wildman–Crippen MR) is 108 cm³/mol. The largest absolute Gasteiger partial charge is 0.497 e. The minimum absolute atomic E-state index is 0.880. The minimum Gasteiger partial charge on any atom is -0.497 e. The highest BCUT2D eigenvalue weighted by molar-refractivity contribution is 6.18. The van der Waals surface area contributed by atoms with Gasteiger partial charge in [-0.3, -0.25) is 0 Å². The van der Waals surface area contributed by atoms with Gasteiger partial charge in [0.2, 0.25) is 0 Å². The summed E-state index contributed by atoms with van der Waals surface area (Å²) < 4.78 is 5.33. The van der Waals surface area contributed by atoms with E-state index in [-0.39, 0.29) is 0 Å². The summed E-state index contributed by atoms with van der Waals surface area (Å²) in [6.07, 6.45) is 0. The Morgan fingerprint density at radius 2 is 1.15 bits per heavy atom. The summed E-state index contributed by atoms with van der Waals surface area (Å²) in [4.78, 5) is 0. The summed E-state index contributed by atoms with van der Waals surface area (Å²) in [5, 5.41) is 2.59. The summed E-state index contributed by atoms with van der Waals surface area (Å²) in [6.45, 7) is 0. The van der Waals surface area contributed by atoms with Crippen LogP contribution in [0.3, 0.4) is 0 Å². The van der Waals surface area contributed by atoms with E-state index in [2.05, 4.69) is 78.9 Å². The summed E-state index contributed by atoms with van der Waals surface area (Å²) in [5.41, 5.74) is 7.83. The molecule has 4 aromatic carbocycles. The normalized spacial score (nSPS) is 12.0. The van der Waals surface area contributed by atoms with Crippen molar-refractivity contribution in [2.24, 2.45) is 0 Å². The first-order chi connectivity index (χ1) is 12.8. The van der Waals surface area contributed by atoms with Gasteiger partial charge in [0.1, 0.15) is 5.75 Å². The average molecular weight is 334 g/mol. The van der Waals surface area contributed by atoms with E-state index < -0.39 is 0 Å². The number of hydrogen-bond acceptors (Lipinski definition) is 1. The fourth-order valence-corrected chi connectivity index (χ4v) is 3.69. The number of ether oxygens (including phenoxy) is 1. The van der Waals surface area contributed by atoms with Gasteiger partial charge >= 0.3 is 0 Å². The number of rotatable bonds is 3. The van der Waals surface area contributed by atoms with Crippen LogP contribution in [0.1, 0.15) is 22.3 Å². The molecule has 0 spiro atoms. The Labute approximate surface area is 153 Å². The van der Waals surface area contributed by atoms with Gasteiger partial charge in [-0.15, -0.1) is 0 Å². The highest BCUT2D eigenvalue weighted by atomic mass is 16.5. The Kier molecular flexibility index (Phi) is 3.39. The monoisotopic (exact) mass is 334 g/mol. The molecule has 1 nitrogen and oxygen atoms in total. The second-order valence-corrected chi connectivity index (χ2v) is 6.59. The van der Waals surface area contributed by atoms with Crippen molar-refractivity contribution in [2.75, 3.05) is 7.11 Å². The lowest BCUT2D eigenvalue weighted by atomic mass is 9.96. The van der Waals surface area contributed by atoms with Crippen LogP contribution in [0, 0.1) is 0 Å². The van der Waals surface area contributed by atoms with Crippen LogP contribution >= 0.6 is 0 Å². The van der Waals surface area contributed by atoms with Crippen LogP contribution in [0.25, 0.3) is 21.9 Å². The van der Waals surface area contributed by atoms with Crippen molar-refractivity contribution in [3.8, 4) is 5.75 Å². The molecule has 0 aromatic heterocycles. The lowest BCUT2D eigenvalue weighted by molar-refractivity contribution is 0.415. The molecule has 0 saturated carbocycles. The molecule has 4 aromatic rings. The molecule has 0 fully saturated rings. The maximum absolute atomic E-state index is 5.33. The molecular formula is C25H18O. The van der Waals surface area contributed by atoms with E-state index >= 15 is 0 Å². The van der Waals surface area contributed by atoms with E-state index in [1.807, 2.05) is 12.1 Å². The van der Waals surface area contributed by atoms with Gasteiger partial charge in [-0.2, -0.15) is 0 Å². The first kappa shape index (κ1) is 15.0. The molecule has 0 atom stereocenters. The van der Waals surface area contributed by atoms with Crippen LogP contribution in [0.15, 0.2) is 91.0 Å². The first-order valence-corrected chi connectivity index (χ1v) is 8.83. The first-order valence-electron chi connectivity index (χ1n) is 8.83. The van der Waals surface area contributed by atoms with E-state index in [0.717, 1.165) is 5.75 Å². The average Bonchev–Trinajstić information content (AvgIpc) is 3.40. The summed E-state index contributed by atoms with van der Waals surface area (Å²) >= 11 is 0. The zero-order valence-corrected chi connectivity index (χ0v) is 14.6. The molecule has 1 heteroatoms. The fourth-order valence-electron chi connectivity index (χ4n) is 3.69. The smallest absolute Gasteiger partial charge is 0.118 e. The summed E-state index contributed by atoms with van der Waals surface area (Å²) in [5.74, 6) is 0.880. The number of methoxy groups -OCH3 is 1. The van der Waals surface area contributed by atoms with Crippen LogP contribution < -0.4 is 4.74 Å². The Morgan fingerprint density at radius 3 is 1.73 bits per heavy atom. The molecule has 5 rings (SSSR count). The molecule has 0 amide bonds. The fraction of sp³-hybridized carbons (Fsp3) is 0.0400. The second kappa shape index (κ2) is 5.89. The Balaban J connectivity index is 1.73. The van der Waals surface area contributed by atoms with Gasteiger partial charge in [-0.1, -0.05) is 66.7 Å². The maximum Gasteiger partial charge on any atom is 0.118 e. The van der Waals surface area contributed by atoms with Crippen molar-refractivity contribution in [1.82, 2.24) is 0 Å². The van der Waals surface area contributed by atoms with Crippen molar-refractivity contribution < 1.29 is 4.74 Å². The SMILES string of the molecule is COc1ccc(C(=C2c3cc4ccccc4cc32)c2ccccc2)cc1. The Hall–Kier alpha value is -3.32. The summed E-state index contributed by atoms with van der Waals surface area (Å²) in [6, 6.07) is 32.2. The highest BCUT2D eigenvalue weighted by Gasteiger charge is 2.30. The topological polar surface area (TPSA) is 9.23 Å². The van der Waals surface area contributed by atoms with Gasteiger partial charge in [0.05, 0.1) is 7.11 Å². The van der Waals surface area contributed by atoms with Crippen molar-refractivity contribution in [1.29, 1.82) is 0 Å². The van der Waals surface area contributed by atoms with Crippen LogP contribution in [0.4, 0.5) is 0 Å². The van der Waals surface area contributed by atoms with E-state index in [4.69, 9.17) is 4.74 Å². The van der Waals surface area contributed by atoms with Gasteiger partial charge < -0.3 is 4.74 Å². The number of hydrogen-bond donors (Lipinski definition) is 0. The van der Waals surface area contributed by atoms with E-state index in [0.29, 0.717) is 0 Å². The number of benzene rings is 4. The van der Waals surface area contributed by atoms with Crippen LogP contribution in [0.5, 0.6) is 5.75 Å². The van der Waals surface area contributed by atoms with Crippen molar-refractivity contribution in [2.45, 2.75) is 0 Å². The van der Waals surface area contributed by atoms with Gasteiger partial charge in [0.25, 0.3) is 0 Å². The Bertz CT molecular complexity index is 1090. The van der Waals surface area contributed by atoms with Gasteiger partial charge in [-0.05, 0) is 68.4 Å². The third-order valence-corrected chi connectivity index (χ3v) is 5.05. The molecule has 0 bridgehead atoms. The molecule has 0 unspecified atom stereocenters. The van der Waals surface area contributed by atoms with Gasteiger partial charge in [0, 0.05) is 0 Å². The predicted octanol–water partition coefficient (Wildman–Crippen LogP) is 6.17. The van der Waals surface area contributed by atoms with Crippen LogP contribution in [0.2, 0.25) is 0 Å². The molecule has 0 radical (unpaired) electrons. The Morgan fingerprint density at radius 1 is 0.615 bits per heavy atom. The van der Waals surface area contributed by atoms with Gasteiger partial charge in [-0.25, -0.2) is 0 Å². The highest BCUT2D eigenvalue weighted by Crippen LogP contribution is 2.50. The molecule has 1 aliphatic carbocycles. The molecule has 0 saturated heterocycles. The van der Waals surface area contributed by atoms with E-state index in [1.165, 1.54) is 44.2 Å². The van der Waals surface area contributed by atoms with Crippen molar-refractivity contribution >= 4 is 21.9 Å². The molecule has 0 aliphatic heterocycles. The van der Waals surface area contributed by atoms with E-state index in [1.54, 1.807) is 7.11 Å². The minimum atomic E-state index is 0.880. The third-order valence-electron chi connectivity index (χ3n) is 5.05. The molecule has 0 heterocycles. The molecule has 124 valence electrons. The van der Waals surface area contributed by atoms with Crippen LogP contribution in [-0.2, 0) is 0 Å².